The molecule has 0 aliphatic rings. The van der Waals surface area contributed by atoms with Crippen molar-refractivity contribution in [2.75, 3.05) is 39.6 Å². The maximum Gasteiger partial charge on any atom is 0.251 e. The zero-order valence-corrected chi connectivity index (χ0v) is 17.0. The van der Waals surface area contributed by atoms with Crippen molar-refractivity contribution in [2.45, 2.75) is 0 Å². The van der Waals surface area contributed by atoms with Gasteiger partial charge in [-0.2, -0.15) is 0 Å². The molecule has 0 fully saturated rings. The van der Waals surface area contributed by atoms with E-state index in [1.54, 1.807) is 19.5 Å². The maximum absolute atomic E-state index is 12.4. The van der Waals surface area contributed by atoms with E-state index in [2.05, 4.69) is 15.6 Å². The van der Waals surface area contributed by atoms with Gasteiger partial charge in [0, 0.05) is 36.1 Å². The number of pyridine rings is 1. The number of methoxy groups -OCH3 is 1. The minimum atomic E-state index is -0.0748. The van der Waals surface area contributed by atoms with Gasteiger partial charge < -0.3 is 20.3 Å². The summed E-state index contributed by atoms with van der Waals surface area (Å²) >= 11 is 0. The molecule has 2 aromatic carbocycles. The first-order valence-corrected chi connectivity index (χ1v) is 9.44. The average molecular weight is 390 g/mol. The topological polar surface area (TPSA) is 66.5 Å². The lowest BCUT2D eigenvalue weighted by molar-refractivity contribution is 0.0951. The summed E-state index contributed by atoms with van der Waals surface area (Å²) in [7, 11) is 5.60. The van der Waals surface area contributed by atoms with E-state index in [9.17, 15) is 4.79 Å². The second-order valence-electron chi connectivity index (χ2n) is 6.96. The summed E-state index contributed by atoms with van der Waals surface area (Å²) in [6, 6.07) is 17.3. The second-order valence-corrected chi connectivity index (χ2v) is 6.96. The first-order chi connectivity index (χ1) is 14.0. The average Bonchev–Trinajstić information content (AvgIpc) is 2.74. The number of anilines is 2. The molecular formula is C23H26N4O2. The van der Waals surface area contributed by atoms with Crippen molar-refractivity contribution in [3.8, 4) is 16.9 Å². The van der Waals surface area contributed by atoms with Crippen molar-refractivity contribution >= 4 is 17.3 Å². The largest absolute Gasteiger partial charge is 0.497 e. The summed E-state index contributed by atoms with van der Waals surface area (Å²) in [6.45, 7) is 1.41. The molecular weight excluding hydrogens is 364 g/mol. The molecule has 0 aliphatic carbocycles. The van der Waals surface area contributed by atoms with Crippen LogP contribution in [-0.4, -0.2) is 50.1 Å². The Morgan fingerprint density at radius 2 is 1.79 bits per heavy atom. The van der Waals surface area contributed by atoms with Crippen LogP contribution in [0.1, 0.15) is 10.4 Å². The van der Waals surface area contributed by atoms with Gasteiger partial charge in [0.05, 0.1) is 19.0 Å². The van der Waals surface area contributed by atoms with Crippen molar-refractivity contribution < 1.29 is 9.53 Å². The molecule has 6 heteroatoms. The first-order valence-electron chi connectivity index (χ1n) is 9.44. The molecule has 2 N–H and O–H groups in total. The summed E-state index contributed by atoms with van der Waals surface area (Å²) < 4.78 is 5.19. The predicted octanol–water partition coefficient (Wildman–Crippen LogP) is 3.79. The minimum absolute atomic E-state index is 0.0748. The van der Waals surface area contributed by atoms with E-state index < -0.39 is 0 Å². The van der Waals surface area contributed by atoms with Crippen molar-refractivity contribution in [3.63, 3.8) is 0 Å². The lowest BCUT2D eigenvalue weighted by Gasteiger charge is -2.11. The molecule has 0 radical (unpaired) electrons. The number of carbonyl (C=O) groups excluding carboxylic acids is 1. The third-order valence-electron chi connectivity index (χ3n) is 4.42. The smallest absolute Gasteiger partial charge is 0.251 e. The zero-order valence-electron chi connectivity index (χ0n) is 17.0. The molecule has 0 atom stereocenters. The molecule has 0 bridgehead atoms. The lowest BCUT2D eigenvalue weighted by atomic mass is 10.0. The van der Waals surface area contributed by atoms with Crippen LogP contribution in [0.4, 0.5) is 11.4 Å². The van der Waals surface area contributed by atoms with Crippen LogP contribution in [0.2, 0.25) is 0 Å². The van der Waals surface area contributed by atoms with Gasteiger partial charge in [0.1, 0.15) is 5.75 Å². The number of benzene rings is 2. The van der Waals surface area contributed by atoms with E-state index in [-0.39, 0.29) is 5.91 Å². The molecule has 0 aliphatic heterocycles. The molecule has 0 saturated carbocycles. The number of ether oxygens (including phenoxy) is 1. The Balaban J connectivity index is 1.73. The monoisotopic (exact) mass is 390 g/mol. The van der Waals surface area contributed by atoms with Gasteiger partial charge in [-0.25, -0.2) is 0 Å². The number of nitrogens with zero attached hydrogens (tertiary/aromatic N) is 2. The van der Waals surface area contributed by atoms with E-state index in [4.69, 9.17) is 4.74 Å². The van der Waals surface area contributed by atoms with E-state index in [0.29, 0.717) is 12.1 Å². The molecule has 0 saturated heterocycles. The Bertz CT molecular complexity index is 955. The Morgan fingerprint density at radius 1 is 1.00 bits per heavy atom. The van der Waals surface area contributed by atoms with Gasteiger partial charge >= 0.3 is 0 Å². The highest BCUT2D eigenvalue weighted by atomic mass is 16.5. The molecule has 1 amide bonds. The number of hydrogen-bond acceptors (Lipinski definition) is 5. The second kappa shape index (κ2) is 9.71. The molecule has 3 aromatic rings. The van der Waals surface area contributed by atoms with Crippen LogP contribution in [0, 0.1) is 0 Å². The van der Waals surface area contributed by atoms with Crippen LogP contribution >= 0.6 is 0 Å². The standard InChI is InChI=1S/C23H26N4O2/c1-27(2)12-11-25-23(28)18-6-4-5-17(13-18)19-14-21(16-24-15-19)26-20-7-9-22(29-3)10-8-20/h4-10,13-16,26H,11-12H2,1-3H3,(H,25,28). The third kappa shape index (κ3) is 5.80. The zero-order chi connectivity index (χ0) is 20.6. The highest BCUT2D eigenvalue weighted by Crippen LogP contribution is 2.25. The van der Waals surface area contributed by atoms with Gasteiger partial charge in [0.15, 0.2) is 0 Å². The number of amides is 1. The molecule has 0 unspecified atom stereocenters. The molecule has 6 nitrogen and oxygen atoms in total. The number of aromatic nitrogens is 1. The van der Waals surface area contributed by atoms with Crippen LogP contribution in [-0.2, 0) is 0 Å². The maximum atomic E-state index is 12.4. The fourth-order valence-electron chi connectivity index (χ4n) is 2.84. The molecule has 0 spiro atoms. The van der Waals surface area contributed by atoms with Gasteiger partial charge in [-0.1, -0.05) is 12.1 Å². The van der Waals surface area contributed by atoms with Gasteiger partial charge in [-0.15, -0.1) is 0 Å². The third-order valence-corrected chi connectivity index (χ3v) is 4.42. The normalized spacial score (nSPS) is 10.6. The summed E-state index contributed by atoms with van der Waals surface area (Å²) in [5, 5.41) is 6.28. The lowest BCUT2D eigenvalue weighted by Crippen LogP contribution is -2.31. The Hall–Kier alpha value is -3.38. The van der Waals surface area contributed by atoms with Crippen LogP contribution in [0.25, 0.3) is 11.1 Å². The fourth-order valence-corrected chi connectivity index (χ4v) is 2.84. The molecule has 3 rings (SSSR count). The minimum Gasteiger partial charge on any atom is -0.497 e. The van der Waals surface area contributed by atoms with Crippen molar-refractivity contribution in [1.29, 1.82) is 0 Å². The molecule has 1 heterocycles. The first kappa shape index (κ1) is 20.4. The van der Waals surface area contributed by atoms with Crippen LogP contribution < -0.4 is 15.4 Å². The van der Waals surface area contributed by atoms with Gasteiger partial charge in [-0.05, 0) is 62.1 Å². The Kier molecular flexibility index (Phi) is 6.81. The molecule has 150 valence electrons. The number of likely N-dealkylation sites (N-methyl/N-ethyl adjacent to an activating group) is 1. The highest BCUT2D eigenvalue weighted by Gasteiger charge is 2.08. The summed E-state index contributed by atoms with van der Waals surface area (Å²) in [5.74, 6) is 0.734. The van der Waals surface area contributed by atoms with Gasteiger partial charge in [0.25, 0.3) is 5.91 Å². The number of nitrogens with one attached hydrogen (secondary N) is 2. The van der Waals surface area contributed by atoms with E-state index >= 15 is 0 Å². The van der Waals surface area contributed by atoms with Gasteiger partial charge in [-0.3, -0.25) is 9.78 Å². The number of carbonyl (C=O) groups is 1. The summed E-state index contributed by atoms with van der Waals surface area (Å²) in [4.78, 5) is 18.8. The summed E-state index contributed by atoms with van der Waals surface area (Å²) in [6.07, 6.45) is 3.56. The van der Waals surface area contributed by atoms with E-state index in [1.807, 2.05) is 73.6 Å². The van der Waals surface area contributed by atoms with Crippen LogP contribution in [0.15, 0.2) is 67.0 Å². The van der Waals surface area contributed by atoms with E-state index in [0.717, 1.165) is 34.8 Å². The van der Waals surface area contributed by atoms with Crippen molar-refractivity contribution in [2.24, 2.45) is 0 Å². The van der Waals surface area contributed by atoms with Crippen molar-refractivity contribution in [1.82, 2.24) is 15.2 Å². The Labute approximate surface area is 171 Å². The van der Waals surface area contributed by atoms with Crippen molar-refractivity contribution in [3.05, 3.63) is 72.6 Å². The highest BCUT2D eigenvalue weighted by molar-refractivity contribution is 5.95. The van der Waals surface area contributed by atoms with Crippen LogP contribution in [0.5, 0.6) is 5.75 Å². The summed E-state index contributed by atoms with van der Waals surface area (Å²) in [5.41, 5.74) is 4.32. The molecule has 29 heavy (non-hydrogen) atoms. The SMILES string of the molecule is COc1ccc(Nc2cncc(-c3cccc(C(=O)NCCN(C)C)c3)c2)cc1. The Morgan fingerprint density at radius 3 is 2.52 bits per heavy atom. The van der Waals surface area contributed by atoms with Crippen LogP contribution in [0.3, 0.4) is 0 Å². The van der Waals surface area contributed by atoms with E-state index in [1.165, 1.54) is 0 Å². The molecule has 1 aromatic heterocycles. The number of hydrogen-bond donors (Lipinski definition) is 2. The van der Waals surface area contributed by atoms with Gasteiger partial charge in [0.2, 0.25) is 0 Å². The fraction of sp³-hybridized carbons (Fsp3) is 0.217. The predicted molar refractivity (Wildman–Crippen MR) is 117 cm³/mol. The quantitative estimate of drug-likeness (QED) is 0.613. The number of rotatable bonds is 8.